The van der Waals surface area contributed by atoms with Gasteiger partial charge < -0.3 is 32.3 Å². The molecule has 11 nitrogen and oxygen atoms in total. The second-order valence-corrected chi connectivity index (χ2v) is 9.06. The fraction of sp³-hybridized carbons (Fsp3) is 0.333. The Bertz CT molecular complexity index is 1280. The molecule has 2 aromatic heterocycles. The smallest absolute Gasteiger partial charge is 0.319 e. The standard InChI is InChI=1S/C27H34FN9O2/c1-2-31-25-20(26(38)32-11-14-37-12-9-30-10-13-37)5-7-22(35-25)19-4-6-23(21(28)15-19)36-27(39)34-17-18-3-8-24(29)33-16-18/h3-8,15-16,30H,2,9-14,17H2,1H3,(H2,29,33)(H,31,35)(H,32,38)(H2,34,36,39). The van der Waals surface area contributed by atoms with Crippen LogP contribution in [0.25, 0.3) is 11.3 Å². The molecule has 0 unspecified atom stereocenters. The summed E-state index contributed by atoms with van der Waals surface area (Å²) in [6.45, 7) is 7.85. The molecular weight excluding hydrogens is 501 g/mol. The number of benzene rings is 1. The van der Waals surface area contributed by atoms with E-state index < -0.39 is 11.8 Å². The first kappa shape index (κ1) is 27.7. The Hall–Kier alpha value is -4.29. The van der Waals surface area contributed by atoms with Crippen LogP contribution in [0, 0.1) is 5.82 Å². The number of carbonyl (C=O) groups is 2. The van der Waals surface area contributed by atoms with Crippen molar-refractivity contribution >= 4 is 29.3 Å². The van der Waals surface area contributed by atoms with Crippen LogP contribution >= 0.6 is 0 Å². The molecule has 0 bridgehead atoms. The van der Waals surface area contributed by atoms with Gasteiger partial charge in [0.15, 0.2) is 0 Å². The zero-order chi connectivity index (χ0) is 27.6. The average Bonchev–Trinajstić information content (AvgIpc) is 2.94. The lowest BCUT2D eigenvalue weighted by atomic mass is 10.1. The molecule has 3 aromatic rings. The molecule has 1 aromatic carbocycles. The van der Waals surface area contributed by atoms with Crippen molar-refractivity contribution in [3.63, 3.8) is 0 Å². The number of halogens is 1. The Morgan fingerprint density at radius 3 is 2.64 bits per heavy atom. The van der Waals surface area contributed by atoms with Gasteiger partial charge in [-0.2, -0.15) is 0 Å². The minimum atomic E-state index is -0.613. The maximum absolute atomic E-state index is 14.9. The van der Waals surface area contributed by atoms with E-state index in [1.165, 1.54) is 12.1 Å². The van der Waals surface area contributed by atoms with E-state index in [-0.39, 0.29) is 18.1 Å². The quantitative estimate of drug-likeness (QED) is 0.232. The number of hydrogen-bond acceptors (Lipinski definition) is 8. The SMILES string of the molecule is CCNc1nc(-c2ccc(NC(=O)NCc3ccc(N)nc3)c(F)c2)ccc1C(=O)NCCN1CCNCC1. The maximum Gasteiger partial charge on any atom is 0.319 e. The van der Waals surface area contributed by atoms with E-state index in [1.54, 1.807) is 36.5 Å². The summed E-state index contributed by atoms with van der Waals surface area (Å²) in [7, 11) is 0. The van der Waals surface area contributed by atoms with Crippen LogP contribution in [0.4, 0.5) is 26.5 Å². The highest BCUT2D eigenvalue weighted by Gasteiger charge is 2.16. The van der Waals surface area contributed by atoms with Crippen molar-refractivity contribution in [2.45, 2.75) is 13.5 Å². The Labute approximate surface area is 226 Å². The predicted octanol–water partition coefficient (Wildman–Crippen LogP) is 2.25. The molecule has 0 saturated carbocycles. The van der Waals surface area contributed by atoms with Gasteiger partial charge in [0.25, 0.3) is 5.91 Å². The minimum absolute atomic E-state index is 0.0269. The number of amides is 3. The van der Waals surface area contributed by atoms with Crippen molar-refractivity contribution in [1.29, 1.82) is 0 Å². The number of carbonyl (C=O) groups excluding carboxylic acids is 2. The van der Waals surface area contributed by atoms with E-state index in [0.29, 0.717) is 41.5 Å². The fourth-order valence-corrected chi connectivity index (χ4v) is 4.13. The van der Waals surface area contributed by atoms with Crippen LogP contribution in [0.1, 0.15) is 22.8 Å². The van der Waals surface area contributed by atoms with Gasteiger partial charge in [-0.1, -0.05) is 12.1 Å². The Balaban J connectivity index is 1.38. The average molecular weight is 536 g/mol. The van der Waals surface area contributed by atoms with Gasteiger partial charge in [-0.15, -0.1) is 0 Å². The topological polar surface area (TPSA) is 149 Å². The molecule has 7 N–H and O–H groups in total. The lowest BCUT2D eigenvalue weighted by Crippen LogP contribution is -2.46. The zero-order valence-electron chi connectivity index (χ0n) is 21.9. The van der Waals surface area contributed by atoms with Crippen molar-refractivity contribution in [2.75, 3.05) is 62.2 Å². The van der Waals surface area contributed by atoms with Crippen LogP contribution in [0.3, 0.4) is 0 Å². The van der Waals surface area contributed by atoms with Crippen molar-refractivity contribution in [1.82, 2.24) is 30.8 Å². The van der Waals surface area contributed by atoms with E-state index in [2.05, 4.69) is 41.5 Å². The molecule has 0 radical (unpaired) electrons. The Morgan fingerprint density at radius 1 is 1.10 bits per heavy atom. The summed E-state index contributed by atoms with van der Waals surface area (Å²) in [6, 6.07) is 10.6. The third kappa shape index (κ3) is 7.85. The summed E-state index contributed by atoms with van der Waals surface area (Å²) in [5.41, 5.74) is 7.77. The van der Waals surface area contributed by atoms with E-state index >= 15 is 0 Å². The highest BCUT2D eigenvalue weighted by Crippen LogP contribution is 2.26. The molecule has 3 heterocycles. The molecule has 0 spiro atoms. The molecule has 206 valence electrons. The summed E-state index contributed by atoms with van der Waals surface area (Å²) in [5.74, 6) is -0.0181. The van der Waals surface area contributed by atoms with Crippen molar-refractivity contribution in [3.8, 4) is 11.3 Å². The van der Waals surface area contributed by atoms with E-state index in [9.17, 15) is 14.0 Å². The molecule has 1 aliphatic heterocycles. The van der Waals surface area contributed by atoms with E-state index in [0.717, 1.165) is 38.3 Å². The summed E-state index contributed by atoms with van der Waals surface area (Å²) in [5, 5.41) is 14.6. The second-order valence-electron chi connectivity index (χ2n) is 9.06. The summed E-state index contributed by atoms with van der Waals surface area (Å²) in [6.07, 6.45) is 1.56. The monoisotopic (exact) mass is 535 g/mol. The van der Waals surface area contributed by atoms with Gasteiger partial charge in [-0.05, 0) is 42.8 Å². The predicted molar refractivity (Wildman–Crippen MR) is 150 cm³/mol. The highest BCUT2D eigenvalue weighted by atomic mass is 19.1. The summed E-state index contributed by atoms with van der Waals surface area (Å²) >= 11 is 0. The van der Waals surface area contributed by atoms with Crippen LogP contribution < -0.4 is 32.3 Å². The van der Waals surface area contributed by atoms with Gasteiger partial charge in [0, 0.05) is 64.1 Å². The molecule has 0 aliphatic carbocycles. The van der Waals surface area contributed by atoms with Crippen LogP contribution in [0.15, 0.2) is 48.7 Å². The fourth-order valence-electron chi connectivity index (χ4n) is 4.13. The number of anilines is 3. The molecule has 1 fully saturated rings. The zero-order valence-corrected chi connectivity index (χ0v) is 21.9. The first-order valence-electron chi connectivity index (χ1n) is 12.9. The lowest BCUT2D eigenvalue weighted by Gasteiger charge is -2.27. The van der Waals surface area contributed by atoms with Crippen LogP contribution in [-0.2, 0) is 6.54 Å². The van der Waals surface area contributed by atoms with Gasteiger partial charge in [0.1, 0.15) is 17.5 Å². The summed E-state index contributed by atoms with van der Waals surface area (Å²) in [4.78, 5) is 35.9. The van der Waals surface area contributed by atoms with Gasteiger partial charge in [0.2, 0.25) is 0 Å². The number of urea groups is 1. The number of nitrogens with two attached hydrogens (primary N) is 1. The van der Waals surface area contributed by atoms with Gasteiger partial charge >= 0.3 is 6.03 Å². The van der Waals surface area contributed by atoms with Gasteiger partial charge in [-0.25, -0.2) is 19.2 Å². The number of hydrogen-bond donors (Lipinski definition) is 6. The highest BCUT2D eigenvalue weighted by molar-refractivity contribution is 5.99. The van der Waals surface area contributed by atoms with Crippen molar-refractivity contribution in [3.05, 3.63) is 65.6 Å². The largest absolute Gasteiger partial charge is 0.384 e. The molecule has 3 amide bonds. The van der Waals surface area contributed by atoms with Gasteiger partial charge in [0.05, 0.1) is 16.9 Å². The van der Waals surface area contributed by atoms with Crippen molar-refractivity contribution < 1.29 is 14.0 Å². The molecule has 12 heteroatoms. The van der Waals surface area contributed by atoms with Crippen LogP contribution in [-0.4, -0.2) is 72.6 Å². The van der Waals surface area contributed by atoms with E-state index in [1.807, 2.05) is 6.92 Å². The third-order valence-electron chi connectivity index (χ3n) is 6.22. The number of nitrogens with one attached hydrogen (secondary N) is 5. The number of pyridine rings is 2. The van der Waals surface area contributed by atoms with E-state index in [4.69, 9.17) is 5.73 Å². The van der Waals surface area contributed by atoms with Crippen LogP contribution in [0.5, 0.6) is 0 Å². The normalized spacial score (nSPS) is 13.5. The Kier molecular flexibility index (Phi) is 9.59. The summed E-state index contributed by atoms with van der Waals surface area (Å²) < 4.78 is 14.9. The second kappa shape index (κ2) is 13.5. The first-order valence-corrected chi connectivity index (χ1v) is 12.9. The molecule has 4 rings (SSSR count). The number of piperazine rings is 1. The van der Waals surface area contributed by atoms with Crippen LogP contribution in [0.2, 0.25) is 0 Å². The molecule has 1 aliphatic rings. The minimum Gasteiger partial charge on any atom is -0.384 e. The molecule has 1 saturated heterocycles. The number of nitrogen functional groups attached to an aromatic ring is 1. The first-order chi connectivity index (χ1) is 18.9. The number of aromatic nitrogens is 2. The van der Waals surface area contributed by atoms with Crippen molar-refractivity contribution in [2.24, 2.45) is 0 Å². The molecule has 39 heavy (non-hydrogen) atoms. The lowest BCUT2D eigenvalue weighted by molar-refractivity contribution is 0.0947. The maximum atomic E-state index is 14.9. The molecular formula is C27H34FN9O2. The third-order valence-corrected chi connectivity index (χ3v) is 6.22. The number of nitrogens with zero attached hydrogens (tertiary/aromatic N) is 3. The van der Waals surface area contributed by atoms with Gasteiger partial charge in [-0.3, -0.25) is 9.69 Å². The Morgan fingerprint density at radius 2 is 1.92 bits per heavy atom. The molecule has 0 atom stereocenters. The number of rotatable bonds is 10.